The lowest BCUT2D eigenvalue weighted by Crippen LogP contribution is -2.57. The quantitative estimate of drug-likeness (QED) is 0.906. The maximum Gasteiger partial charge on any atom is 0.255 e. The van der Waals surface area contributed by atoms with Crippen LogP contribution in [0.5, 0.6) is 0 Å². The summed E-state index contributed by atoms with van der Waals surface area (Å²) in [6.07, 6.45) is 1.62. The number of carbonyl (C=O) groups excluding carboxylic acids is 1. The zero-order valence-electron chi connectivity index (χ0n) is 11.0. The van der Waals surface area contributed by atoms with E-state index in [0.717, 1.165) is 10.3 Å². The molecule has 0 atom stereocenters. The second-order valence-electron chi connectivity index (χ2n) is 4.78. The highest BCUT2D eigenvalue weighted by molar-refractivity contribution is 9.10. The summed E-state index contributed by atoms with van der Waals surface area (Å²) in [6, 6.07) is 9.13. The van der Waals surface area contributed by atoms with Gasteiger partial charge >= 0.3 is 0 Å². The standard InChI is InChI=1S/C14H12BrClN4O/c15-9-3-4-12(16)11(6-9)14(21)20-7-10(8-20)18-13-2-1-5-17-19-13/h1-6,10H,7-8H2,(H,18,19). The molecule has 0 unspecified atom stereocenters. The molecule has 7 heteroatoms. The monoisotopic (exact) mass is 366 g/mol. The normalized spacial score (nSPS) is 14.7. The van der Waals surface area contributed by atoms with Crippen molar-refractivity contribution >= 4 is 39.3 Å². The van der Waals surface area contributed by atoms with E-state index in [1.54, 1.807) is 23.2 Å². The fourth-order valence-corrected chi connectivity index (χ4v) is 2.71. The summed E-state index contributed by atoms with van der Waals surface area (Å²) in [6.45, 7) is 1.25. The van der Waals surface area contributed by atoms with Crippen molar-refractivity contribution in [3.05, 3.63) is 51.6 Å². The molecule has 1 amide bonds. The van der Waals surface area contributed by atoms with Crippen molar-refractivity contribution in [2.45, 2.75) is 6.04 Å². The van der Waals surface area contributed by atoms with Gasteiger partial charge in [-0.05, 0) is 30.3 Å². The third-order valence-electron chi connectivity index (χ3n) is 3.25. The Hall–Kier alpha value is -1.66. The van der Waals surface area contributed by atoms with Crippen molar-refractivity contribution in [2.24, 2.45) is 0 Å². The lowest BCUT2D eigenvalue weighted by molar-refractivity contribution is 0.0625. The lowest BCUT2D eigenvalue weighted by atomic mass is 10.1. The molecule has 0 aliphatic carbocycles. The first kappa shape index (κ1) is 14.3. The smallest absolute Gasteiger partial charge is 0.255 e. The first-order valence-corrected chi connectivity index (χ1v) is 7.59. The number of halogens is 2. The average molecular weight is 368 g/mol. The van der Waals surface area contributed by atoms with Crippen LogP contribution in [0.2, 0.25) is 5.02 Å². The van der Waals surface area contributed by atoms with Crippen LogP contribution in [0.3, 0.4) is 0 Å². The van der Waals surface area contributed by atoms with Gasteiger partial charge < -0.3 is 10.2 Å². The number of hydrogen-bond acceptors (Lipinski definition) is 4. The van der Waals surface area contributed by atoms with E-state index in [0.29, 0.717) is 23.7 Å². The van der Waals surface area contributed by atoms with Crippen LogP contribution in [0, 0.1) is 0 Å². The second kappa shape index (κ2) is 5.99. The lowest BCUT2D eigenvalue weighted by Gasteiger charge is -2.39. The van der Waals surface area contributed by atoms with Crippen molar-refractivity contribution in [3.63, 3.8) is 0 Å². The Morgan fingerprint density at radius 2 is 2.19 bits per heavy atom. The summed E-state index contributed by atoms with van der Waals surface area (Å²) in [5.41, 5.74) is 0.518. The highest BCUT2D eigenvalue weighted by atomic mass is 79.9. The van der Waals surface area contributed by atoms with Gasteiger partial charge in [0, 0.05) is 23.8 Å². The molecule has 0 radical (unpaired) electrons. The largest absolute Gasteiger partial charge is 0.362 e. The summed E-state index contributed by atoms with van der Waals surface area (Å²) in [7, 11) is 0. The molecular weight excluding hydrogens is 356 g/mol. The number of benzene rings is 1. The SMILES string of the molecule is O=C(c1cc(Br)ccc1Cl)N1CC(Nc2cccnn2)C1. The van der Waals surface area contributed by atoms with E-state index >= 15 is 0 Å². The average Bonchev–Trinajstić information content (AvgIpc) is 2.45. The van der Waals surface area contributed by atoms with Crippen LogP contribution in [0.25, 0.3) is 0 Å². The Morgan fingerprint density at radius 3 is 2.90 bits per heavy atom. The molecule has 0 bridgehead atoms. The van der Waals surface area contributed by atoms with E-state index in [9.17, 15) is 4.79 Å². The molecule has 1 N–H and O–H groups in total. The van der Waals surface area contributed by atoms with Crippen LogP contribution in [0.4, 0.5) is 5.82 Å². The van der Waals surface area contributed by atoms with Gasteiger partial charge in [-0.25, -0.2) is 0 Å². The van der Waals surface area contributed by atoms with Gasteiger partial charge in [-0.2, -0.15) is 5.10 Å². The molecule has 1 aromatic heterocycles. The van der Waals surface area contributed by atoms with Gasteiger partial charge in [0.25, 0.3) is 5.91 Å². The molecule has 1 saturated heterocycles. The molecule has 3 rings (SSSR count). The third kappa shape index (κ3) is 3.16. The third-order valence-corrected chi connectivity index (χ3v) is 4.07. The number of carbonyl (C=O) groups is 1. The molecule has 0 spiro atoms. The Kier molecular flexibility index (Phi) is 4.07. The van der Waals surface area contributed by atoms with Crippen molar-refractivity contribution in [1.29, 1.82) is 0 Å². The Bertz CT molecular complexity index is 661. The summed E-state index contributed by atoms with van der Waals surface area (Å²) in [5, 5.41) is 11.5. The Labute approximate surface area is 135 Å². The molecule has 5 nitrogen and oxygen atoms in total. The first-order chi connectivity index (χ1) is 10.1. The van der Waals surface area contributed by atoms with E-state index in [1.807, 2.05) is 18.2 Å². The minimum atomic E-state index is -0.0569. The molecule has 2 heterocycles. The number of nitrogens with zero attached hydrogens (tertiary/aromatic N) is 3. The predicted octanol–water partition coefficient (Wildman–Crippen LogP) is 2.83. The van der Waals surface area contributed by atoms with Gasteiger partial charge in [-0.3, -0.25) is 4.79 Å². The fraction of sp³-hybridized carbons (Fsp3) is 0.214. The number of aromatic nitrogens is 2. The van der Waals surface area contributed by atoms with Gasteiger partial charge in [0.2, 0.25) is 0 Å². The van der Waals surface area contributed by atoms with Gasteiger partial charge in [0.15, 0.2) is 0 Å². The van der Waals surface area contributed by atoms with Crippen molar-refractivity contribution < 1.29 is 4.79 Å². The molecule has 0 saturated carbocycles. The van der Waals surface area contributed by atoms with Crippen LogP contribution < -0.4 is 5.32 Å². The van der Waals surface area contributed by atoms with Crippen molar-refractivity contribution in [2.75, 3.05) is 18.4 Å². The predicted molar refractivity (Wildman–Crippen MR) is 84.5 cm³/mol. The molecule has 1 aliphatic rings. The maximum absolute atomic E-state index is 12.4. The summed E-state index contributed by atoms with van der Waals surface area (Å²) >= 11 is 9.43. The molecule has 1 fully saturated rings. The van der Waals surface area contributed by atoms with Gasteiger partial charge in [-0.1, -0.05) is 27.5 Å². The number of rotatable bonds is 3. The highest BCUT2D eigenvalue weighted by Crippen LogP contribution is 2.24. The zero-order valence-corrected chi connectivity index (χ0v) is 13.3. The summed E-state index contributed by atoms with van der Waals surface area (Å²) in [5.74, 6) is 0.661. The van der Waals surface area contributed by atoms with E-state index in [-0.39, 0.29) is 11.9 Å². The van der Waals surface area contributed by atoms with Crippen LogP contribution in [-0.2, 0) is 0 Å². The minimum absolute atomic E-state index is 0.0569. The zero-order chi connectivity index (χ0) is 14.8. The van der Waals surface area contributed by atoms with Crippen LogP contribution >= 0.6 is 27.5 Å². The molecule has 21 heavy (non-hydrogen) atoms. The summed E-state index contributed by atoms with van der Waals surface area (Å²) in [4.78, 5) is 14.1. The highest BCUT2D eigenvalue weighted by Gasteiger charge is 2.32. The van der Waals surface area contributed by atoms with Crippen molar-refractivity contribution in [1.82, 2.24) is 15.1 Å². The molecular formula is C14H12BrClN4O. The number of anilines is 1. The maximum atomic E-state index is 12.4. The Morgan fingerprint density at radius 1 is 1.38 bits per heavy atom. The van der Waals surface area contributed by atoms with E-state index in [2.05, 4.69) is 31.4 Å². The molecule has 1 aliphatic heterocycles. The topological polar surface area (TPSA) is 58.1 Å². The second-order valence-corrected chi connectivity index (χ2v) is 6.11. The molecule has 2 aromatic rings. The number of likely N-dealkylation sites (tertiary alicyclic amines) is 1. The number of nitrogens with one attached hydrogen (secondary N) is 1. The van der Waals surface area contributed by atoms with E-state index < -0.39 is 0 Å². The van der Waals surface area contributed by atoms with E-state index in [4.69, 9.17) is 11.6 Å². The van der Waals surface area contributed by atoms with Gasteiger partial charge in [-0.15, -0.1) is 5.10 Å². The fourth-order valence-electron chi connectivity index (χ4n) is 2.16. The summed E-state index contributed by atoms with van der Waals surface area (Å²) < 4.78 is 0.838. The number of amides is 1. The van der Waals surface area contributed by atoms with Crippen LogP contribution in [0.15, 0.2) is 41.0 Å². The number of hydrogen-bond donors (Lipinski definition) is 1. The first-order valence-electron chi connectivity index (χ1n) is 6.42. The minimum Gasteiger partial charge on any atom is -0.362 e. The molecule has 108 valence electrons. The Balaban J connectivity index is 1.61. The van der Waals surface area contributed by atoms with Crippen LogP contribution in [-0.4, -0.2) is 40.1 Å². The van der Waals surface area contributed by atoms with Gasteiger partial charge in [0.05, 0.1) is 16.6 Å². The van der Waals surface area contributed by atoms with E-state index in [1.165, 1.54) is 0 Å². The molecule has 1 aromatic carbocycles. The van der Waals surface area contributed by atoms with Crippen molar-refractivity contribution in [3.8, 4) is 0 Å². The van der Waals surface area contributed by atoms with Gasteiger partial charge in [0.1, 0.15) is 5.82 Å². The van der Waals surface area contributed by atoms with Crippen LogP contribution in [0.1, 0.15) is 10.4 Å².